The maximum atomic E-state index is 13.1. The van der Waals surface area contributed by atoms with Gasteiger partial charge in [0.25, 0.3) is 0 Å². The van der Waals surface area contributed by atoms with E-state index in [-0.39, 0.29) is 5.82 Å². The van der Waals surface area contributed by atoms with Gasteiger partial charge < -0.3 is 9.74 Å². The van der Waals surface area contributed by atoms with E-state index in [1.165, 1.54) is 12.1 Å². The fourth-order valence-corrected chi connectivity index (χ4v) is 1.81. The van der Waals surface area contributed by atoms with Gasteiger partial charge in [0.2, 0.25) is 0 Å². The Labute approximate surface area is 124 Å². The molecule has 0 amide bonds. The number of likely N-dealkylation sites (N-methyl/N-ethyl adjacent to an activating group) is 1. The first-order chi connectivity index (χ1) is 10.2. The van der Waals surface area contributed by atoms with E-state index in [9.17, 15) is 4.39 Å². The molecule has 0 bridgehead atoms. The van der Waals surface area contributed by atoms with Crippen molar-refractivity contribution in [1.82, 2.24) is 4.90 Å². The molecule has 0 spiro atoms. The maximum absolute atomic E-state index is 13.1. The lowest BCUT2D eigenvalue weighted by molar-refractivity contribution is 0.126. The van der Waals surface area contributed by atoms with E-state index in [2.05, 4.69) is 5.16 Å². The number of hydrogen-bond donors (Lipinski definition) is 0. The number of halogens is 1. The highest BCUT2D eigenvalue weighted by Crippen LogP contribution is 2.12. The zero-order valence-corrected chi connectivity index (χ0v) is 12.3. The molecule has 0 aliphatic heterocycles. The van der Waals surface area contributed by atoms with Crippen molar-refractivity contribution in [2.75, 3.05) is 27.2 Å². The van der Waals surface area contributed by atoms with Gasteiger partial charge in [0.05, 0.1) is 0 Å². The van der Waals surface area contributed by atoms with Crippen molar-refractivity contribution in [3.63, 3.8) is 0 Å². The molecule has 21 heavy (non-hydrogen) atoms. The molecule has 4 heteroatoms. The lowest BCUT2D eigenvalue weighted by Crippen LogP contribution is -2.17. The fraction of sp³-hybridized carbons (Fsp3) is 0.235. The first-order valence-electron chi connectivity index (χ1n) is 6.83. The third-order valence-electron chi connectivity index (χ3n) is 2.95. The van der Waals surface area contributed by atoms with Crippen LogP contribution in [0.1, 0.15) is 11.1 Å². The van der Waals surface area contributed by atoms with Crippen LogP contribution >= 0.6 is 0 Å². The smallest absolute Gasteiger partial charge is 0.129 e. The van der Waals surface area contributed by atoms with Gasteiger partial charge in [-0.3, -0.25) is 0 Å². The lowest BCUT2D eigenvalue weighted by atomic mass is 10.0. The van der Waals surface area contributed by atoms with Crippen LogP contribution in [0.4, 0.5) is 4.39 Å². The normalized spacial score (nSPS) is 11.7. The monoisotopic (exact) mass is 286 g/mol. The van der Waals surface area contributed by atoms with Crippen LogP contribution in [0.5, 0.6) is 0 Å². The highest BCUT2D eigenvalue weighted by atomic mass is 19.1. The van der Waals surface area contributed by atoms with Crippen molar-refractivity contribution in [3.05, 3.63) is 71.5 Å². The largest absolute Gasteiger partial charge is 0.394 e. The van der Waals surface area contributed by atoms with Crippen molar-refractivity contribution >= 4 is 5.71 Å². The van der Waals surface area contributed by atoms with Crippen molar-refractivity contribution in [3.8, 4) is 0 Å². The predicted octanol–water partition coefficient (Wildman–Crippen LogP) is 3.16. The van der Waals surface area contributed by atoms with E-state index < -0.39 is 0 Å². The third kappa shape index (κ3) is 4.68. The van der Waals surface area contributed by atoms with E-state index >= 15 is 0 Å². The van der Waals surface area contributed by atoms with Crippen LogP contribution in [0.15, 0.2) is 59.8 Å². The molecule has 0 heterocycles. The Bertz CT molecular complexity index is 579. The van der Waals surface area contributed by atoms with Gasteiger partial charge in [-0.1, -0.05) is 35.5 Å². The van der Waals surface area contributed by atoms with Crippen LogP contribution in [0.3, 0.4) is 0 Å². The first-order valence-corrected chi connectivity index (χ1v) is 6.83. The molecule has 0 atom stereocenters. The quantitative estimate of drug-likeness (QED) is 0.463. The number of nitrogens with zero attached hydrogens (tertiary/aromatic N) is 2. The second kappa shape index (κ2) is 7.55. The summed E-state index contributed by atoms with van der Waals surface area (Å²) in [5.74, 6) is -0.264. The van der Waals surface area contributed by atoms with Crippen LogP contribution in [0, 0.1) is 5.82 Å². The van der Waals surface area contributed by atoms with Gasteiger partial charge in [-0.05, 0) is 38.4 Å². The SMILES string of the molecule is CN(C)CCO/N=C(\c1ccccc1)c1ccc(F)cc1. The van der Waals surface area contributed by atoms with Gasteiger partial charge in [-0.15, -0.1) is 0 Å². The van der Waals surface area contributed by atoms with E-state index in [0.717, 1.165) is 17.7 Å². The Morgan fingerprint density at radius 2 is 1.62 bits per heavy atom. The van der Waals surface area contributed by atoms with Crippen LogP contribution in [0.25, 0.3) is 0 Å². The Kier molecular flexibility index (Phi) is 5.46. The Balaban J connectivity index is 2.22. The van der Waals surface area contributed by atoms with Gasteiger partial charge in [-0.25, -0.2) is 4.39 Å². The molecule has 3 nitrogen and oxygen atoms in total. The molecule has 0 N–H and O–H groups in total. The molecule has 110 valence electrons. The summed E-state index contributed by atoms with van der Waals surface area (Å²) < 4.78 is 13.1. The number of oxime groups is 1. The highest BCUT2D eigenvalue weighted by Gasteiger charge is 2.08. The highest BCUT2D eigenvalue weighted by molar-refractivity contribution is 6.12. The molecule has 2 rings (SSSR count). The number of benzene rings is 2. The average molecular weight is 286 g/mol. The second-order valence-corrected chi connectivity index (χ2v) is 4.95. The Morgan fingerprint density at radius 1 is 1.00 bits per heavy atom. The van der Waals surface area contributed by atoms with Gasteiger partial charge >= 0.3 is 0 Å². The molecular formula is C17H19FN2O. The van der Waals surface area contributed by atoms with E-state index in [1.807, 2.05) is 49.3 Å². The minimum atomic E-state index is -0.264. The third-order valence-corrected chi connectivity index (χ3v) is 2.95. The molecular weight excluding hydrogens is 267 g/mol. The van der Waals surface area contributed by atoms with Crippen LogP contribution in [-0.4, -0.2) is 37.9 Å². The molecule has 2 aromatic rings. The first kappa shape index (κ1) is 15.2. The molecule has 0 aliphatic carbocycles. The summed E-state index contributed by atoms with van der Waals surface area (Å²) in [6, 6.07) is 16.0. The number of rotatable bonds is 6. The lowest BCUT2D eigenvalue weighted by Gasteiger charge is -2.10. The molecule has 0 saturated carbocycles. The second-order valence-electron chi connectivity index (χ2n) is 4.95. The molecule has 2 aromatic carbocycles. The molecule has 0 aromatic heterocycles. The van der Waals surface area contributed by atoms with Gasteiger partial charge in [-0.2, -0.15) is 0 Å². The minimum Gasteiger partial charge on any atom is -0.394 e. The van der Waals surface area contributed by atoms with Crippen molar-refractivity contribution < 1.29 is 9.23 Å². The summed E-state index contributed by atoms with van der Waals surface area (Å²) in [6.07, 6.45) is 0. The minimum absolute atomic E-state index is 0.264. The van der Waals surface area contributed by atoms with Crippen molar-refractivity contribution in [1.29, 1.82) is 0 Å². The summed E-state index contributed by atoms with van der Waals surface area (Å²) in [6.45, 7) is 1.29. The average Bonchev–Trinajstić information content (AvgIpc) is 2.49. The fourth-order valence-electron chi connectivity index (χ4n) is 1.81. The van der Waals surface area contributed by atoms with Gasteiger partial charge in [0.1, 0.15) is 18.1 Å². The molecule has 0 unspecified atom stereocenters. The topological polar surface area (TPSA) is 24.8 Å². The maximum Gasteiger partial charge on any atom is 0.129 e. The zero-order valence-electron chi connectivity index (χ0n) is 12.3. The van der Waals surface area contributed by atoms with E-state index in [1.54, 1.807) is 12.1 Å². The van der Waals surface area contributed by atoms with Crippen molar-refractivity contribution in [2.45, 2.75) is 0 Å². The van der Waals surface area contributed by atoms with Gasteiger partial charge in [0, 0.05) is 17.7 Å². The molecule has 0 fully saturated rings. The van der Waals surface area contributed by atoms with E-state index in [4.69, 9.17) is 4.84 Å². The molecule has 0 saturated heterocycles. The Morgan fingerprint density at radius 3 is 2.24 bits per heavy atom. The van der Waals surface area contributed by atoms with Crippen LogP contribution in [0.2, 0.25) is 0 Å². The Hall–Kier alpha value is -2.20. The predicted molar refractivity (Wildman–Crippen MR) is 83.0 cm³/mol. The summed E-state index contributed by atoms with van der Waals surface area (Å²) in [5.41, 5.74) is 2.47. The summed E-state index contributed by atoms with van der Waals surface area (Å²) in [4.78, 5) is 7.42. The molecule has 0 radical (unpaired) electrons. The number of hydrogen-bond acceptors (Lipinski definition) is 3. The van der Waals surface area contributed by atoms with Gasteiger partial charge in [0.15, 0.2) is 0 Å². The van der Waals surface area contributed by atoms with E-state index in [0.29, 0.717) is 12.3 Å². The molecule has 0 aliphatic rings. The summed E-state index contributed by atoms with van der Waals surface area (Å²) >= 11 is 0. The summed E-state index contributed by atoms with van der Waals surface area (Å²) in [7, 11) is 3.95. The van der Waals surface area contributed by atoms with Crippen molar-refractivity contribution in [2.24, 2.45) is 5.16 Å². The van der Waals surface area contributed by atoms with Crippen LogP contribution < -0.4 is 0 Å². The summed E-state index contributed by atoms with van der Waals surface area (Å²) in [5, 5.41) is 4.23. The van der Waals surface area contributed by atoms with Crippen LogP contribution in [-0.2, 0) is 4.84 Å². The standard InChI is InChI=1S/C17H19FN2O/c1-20(2)12-13-21-19-17(14-6-4-3-5-7-14)15-8-10-16(18)11-9-15/h3-11H,12-13H2,1-2H3/b19-17+. The zero-order chi connectivity index (χ0) is 15.1.